The van der Waals surface area contributed by atoms with Gasteiger partial charge in [-0.2, -0.15) is 16.9 Å². The van der Waals surface area contributed by atoms with E-state index in [9.17, 15) is 5.11 Å². The monoisotopic (exact) mass is 453 g/mol. The highest BCUT2D eigenvalue weighted by Gasteiger charge is 2.24. The van der Waals surface area contributed by atoms with Crippen molar-refractivity contribution >= 4 is 41.7 Å². The van der Waals surface area contributed by atoms with Gasteiger partial charge in [-0.05, 0) is 13.8 Å². The Balaban J connectivity index is 0.00000484. The fourth-order valence-electron chi connectivity index (χ4n) is 1.77. The van der Waals surface area contributed by atoms with E-state index in [0.29, 0.717) is 5.96 Å². The van der Waals surface area contributed by atoms with Gasteiger partial charge in [0.25, 0.3) is 0 Å². The fourth-order valence-corrected chi connectivity index (χ4v) is 2.35. The summed E-state index contributed by atoms with van der Waals surface area (Å²) in [5.41, 5.74) is -0.273. The number of hydrogen-bond donors (Lipinski definition) is 3. The molecule has 1 aromatic rings. The molecule has 0 radical (unpaired) electrons. The Morgan fingerprint density at radius 2 is 2.30 bits per heavy atom. The minimum Gasteiger partial charge on any atom is -0.383 e. The van der Waals surface area contributed by atoms with Gasteiger partial charge in [0.15, 0.2) is 5.96 Å². The molecule has 0 aliphatic rings. The maximum absolute atomic E-state index is 10.5. The molecular weight excluding hydrogens is 425 g/mol. The first-order chi connectivity index (χ1) is 10.5. The number of nitrogens with one attached hydrogen (secondary N) is 2. The van der Waals surface area contributed by atoms with Crippen molar-refractivity contribution in [2.24, 2.45) is 12.0 Å². The average molecular weight is 453 g/mol. The molecule has 8 heteroatoms. The van der Waals surface area contributed by atoms with Gasteiger partial charge in [-0.3, -0.25) is 4.68 Å². The highest BCUT2D eigenvalue weighted by molar-refractivity contribution is 14.0. The molecule has 1 atom stereocenters. The van der Waals surface area contributed by atoms with E-state index in [1.165, 1.54) is 0 Å². The summed E-state index contributed by atoms with van der Waals surface area (Å²) < 4.78 is 1.67. The Bertz CT molecular complexity index is 490. The Labute approximate surface area is 160 Å². The van der Waals surface area contributed by atoms with E-state index in [0.717, 1.165) is 30.2 Å². The number of halogens is 1. The zero-order valence-corrected chi connectivity index (χ0v) is 17.2. The van der Waals surface area contributed by atoms with Gasteiger partial charge in [0, 0.05) is 43.4 Å². The van der Waals surface area contributed by atoms with Gasteiger partial charge in [0.05, 0.1) is 12.7 Å². The molecule has 132 valence electrons. The molecule has 0 fully saturated rings. The van der Waals surface area contributed by atoms with Crippen LogP contribution in [0.2, 0.25) is 0 Å². The molecule has 6 nitrogen and oxygen atoms in total. The molecule has 0 aliphatic carbocycles. The molecular formula is C15H28IN5OS. The number of aliphatic hydroxyl groups is 1. The molecule has 0 saturated heterocycles. The zero-order chi connectivity index (χ0) is 16.4. The van der Waals surface area contributed by atoms with Crippen LogP contribution in [0.15, 0.2) is 30.0 Å². The summed E-state index contributed by atoms with van der Waals surface area (Å²) in [4.78, 5) is 4.47. The SMILES string of the molecule is C=CCSCCNC(=NCC(C)(O)c1cnn(C)c1)NCC.I. The van der Waals surface area contributed by atoms with Gasteiger partial charge in [0.2, 0.25) is 0 Å². The first-order valence-electron chi connectivity index (χ1n) is 7.42. The minimum absolute atomic E-state index is 0. The van der Waals surface area contributed by atoms with Crippen LogP contribution in [0.4, 0.5) is 0 Å². The number of thioether (sulfide) groups is 1. The third kappa shape index (κ3) is 8.61. The number of guanidine groups is 1. The highest BCUT2D eigenvalue weighted by Crippen LogP contribution is 2.19. The van der Waals surface area contributed by atoms with E-state index in [-0.39, 0.29) is 30.5 Å². The Hall–Kier alpha value is -0.740. The van der Waals surface area contributed by atoms with Crippen LogP contribution in [-0.2, 0) is 12.6 Å². The highest BCUT2D eigenvalue weighted by atomic mass is 127. The van der Waals surface area contributed by atoms with Crippen LogP contribution in [0.3, 0.4) is 0 Å². The van der Waals surface area contributed by atoms with E-state index >= 15 is 0 Å². The summed E-state index contributed by atoms with van der Waals surface area (Å²) in [6.07, 6.45) is 5.37. The maximum atomic E-state index is 10.5. The number of aliphatic imine (C=N–C) groups is 1. The van der Waals surface area contributed by atoms with Crippen molar-refractivity contribution in [2.75, 3.05) is 31.1 Å². The summed E-state index contributed by atoms with van der Waals surface area (Å²) in [5.74, 6) is 2.64. The third-order valence-corrected chi connectivity index (χ3v) is 3.95. The van der Waals surface area contributed by atoms with Crippen molar-refractivity contribution in [3.05, 3.63) is 30.6 Å². The van der Waals surface area contributed by atoms with Crippen molar-refractivity contribution in [1.82, 2.24) is 20.4 Å². The third-order valence-electron chi connectivity index (χ3n) is 2.99. The van der Waals surface area contributed by atoms with Gasteiger partial charge >= 0.3 is 0 Å². The van der Waals surface area contributed by atoms with Crippen molar-refractivity contribution in [2.45, 2.75) is 19.4 Å². The number of hydrogen-bond acceptors (Lipinski definition) is 4. The van der Waals surface area contributed by atoms with E-state index in [1.54, 1.807) is 17.8 Å². The minimum atomic E-state index is -1.03. The summed E-state index contributed by atoms with van der Waals surface area (Å²) in [6.45, 7) is 9.33. The van der Waals surface area contributed by atoms with Crippen molar-refractivity contribution in [3.8, 4) is 0 Å². The zero-order valence-electron chi connectivity index (χ0n) is 14.1. The molecule has 0 bridgehead atoms. The Kier molecular flexibility index (Phi) is 11.4. The smallest absolute Gasteiger partial charge is 0.191 e. The molecule has 0 amide bonds. The van der Waals surface area contributed by atoms with Crippen molar-refractivity contribution in [3.63, 3.8) is 0 Å². The number of nitrogens with zero attached hydrogens (tertiary/aromatic N) is 3. The predicted octanol–water partition coefficient (Wildman–Crippen LogP) is 1.72. The standard InChI is InChI=1S/C15H27N5OS.HI/c1-5-8-22-9-7-17-14(16-6-2)18-12-15(3,21)13-10-19-20(4)11-13;/h5,10-11,21H,1,6-9,12H2,2-4H3,(H2,16,17,18);1H. The van der Waals surface area contributed by atoms with Crippen LogP contribution < -0.4 is 10.6 Å². The molecule has 0 saturated carbocycles. The lowest BCUT2D eigenvalue weighted by Crippen LogP contribution is -2.39. The maximum Gasteiger partial charge on any atom is 0.191 e. The molecule has 1 heterocycles. The van der Waals surface area contributed by atoms with Crippen molar-refractivity contribution in [1.29, 1.82) is 0 Å². The van der Waals surface area contributed by atoms with E-state index in [1.807, 2.05) is 38.0 Å². The van der Waals surface area contributed by atoms with Crippen molar-refractivity contribution < 1.29 is 5.11 Å². The van der Waals surface area contributed by atoms with Gasteiger partial charge in [0.1, 0.15) is 5.60 Å². The Morgan fingerprint density at radius 3 is 2.87 bits per heavy atom. The first kappa shape index (κ1) is 22.3. The van der Waals surface area contributed by atoms with Crippen LogP contribution in [0.1, 0.15) is 19.4 Å². The predicted molar refractivity (Wildman–Crippen MR) is 110 cm³/mol. The van der Waals surface area contributed by atoms with Crippen LogP contribution in [0, 0.1) is 0 Å². The van der Waals surface area contributed by atoms with E-state index in [2.05, 4.69) is 27.3 Å². The summed E-state index contributed by atoms with van der Waals surface area (Å²) >= 11 is 1.81. The second-order valence-electron chi connectivity index (χ2n) is 5.16. The second kappa shape index (κ2) is 11.7. The van der Waals surface area contributed by atoms with Crippen LogP contribution in [-0.4, -0.2) is 52.0 Å². The summed E-state index contributed by atoms with van der Waals surface area (Å²) in [7, 11) is 1.83. The van der Waals surface area contributed by atoms with E-state index < -0.39 is 5.60 Å². The molecule has 1 rings (SSSR count). The van der Waals surface area contributed by atoms with Gasteiger partial charge < -0.3 is 15.7 Å². The van der Waals surface area contributed by atoms with Crippen LogP contribution in [0.5, 0.6) is 0 Å². The normalized spacial score (nSPS) is 13.8. The number of aromatic nitrogens is 2. The molecule has 0 aliphatic heterocycles. The lowest BCUT2D eigenvalue weighted by molar-refractivity contribution is 0.0672. The second-order valence-corrected chi connectivity index (χ2v) is 6.31. The molecule has 23 heavy (non-hydrogen) atoms. The lowest BCUT2D eigenvalue weighted by atomic mass is 10.0. The topological polar surface area (TPSA) is 74.5 Å². The van der Waals surface area contributed by atoms with Crippen LogP contribution in [0.25, 0.3) is 0 Å². The first-order valence-corrected chi connectivity index (χ1v) is 8.57. The van der Waals surface area contributed by atoms with Gasteiger partial charge in [-0.25, -0.2) is 4.99 Å². The quantitative estimate of drug-likeness (QED) is 0.175. The largest absolute Gasteiger partial charge is 0.383 e. The molecule has 1 aromatic heterocycles. The number of aryl methyl sites for hydroxylation is 1. The molecule has 3 N–H and O–H groups in total. The number of rotatable bonds is 9. The average Bonchev–Trinajstić information content (AvgIpc) is 2.92. The molecule has 1 unspecified atom stereocenters. The van der Waals surface area contributed by atoms with Crippen LogP contribution >= 0.6 is 35.7 Å². The Morgan fingerprint density at radius 1 is 1.57 bits per heavy atom. The molecule has 0 aromatic carbocycles. The molecule has 0 spiro atoms. The lowest BCUT2D eigenvalue weighted by Gasteiger charge is -2.20. The van der Waals surface area contributed by atoms with Gasteiger partial charge in [-0.15, -0.1) is 30.6 Å². The summed E-state index contributed by atoms with van der Waals surface area (Å²) in [5, 5.41) is 21.1. The summed E-state index contributed by atoms with van der Waals surface area (Å²) in [6, 6.07) is 0. The van der Waals surface area contributed by atoms with E-state index in [4.69, 9.17) is 0 Å². The van der Waals surface area contributed by atoms with Gasteiger partial charge in [-0.1, -0.05) is 6.08 Å². The fraction of sp³-hybridized carbons (Fsp3) is 0.600.